The van der Waals surface area contributed by atoms with Crippen molar-refractivity contribution in [2.45, 2.75) is 38.6 Å². The third-order valence-electron chi connectivity index (χ3n) is 6.72. The van der Waals surface area contributed by atoms with Crippen molar-refractivity contribution in [3.63, 3.8) is 0 Å². The molecule has 2 aliphatic heterocycles. The van der Waals surface area contributed by atoms with Gasteiger partial charge in [-0.15, -0.1) is 0 Å². The highest BCUT2D eigenvalue weighted by molar-refractivity contribution is 7.80. The van der Waals surface area contributed by atoms with Gasteiger partial charge in [-0.2, -0.15) is 0 Å². The van der Waals surface area contributed by atoms with Crippen molar-refractivity contribution in [3.05, 3.63) is 34.9 Å². The van der Waals surface area contributed by atoms with E-state index in [2.05, 4.69) is 15.1 Å². The van der Waals surface area contributed by atoms with Gasteiger partial charge >= 0.3 is 11.9 Å². The number of nitrogens with zero attached hydrogens (tertiary/aromatic N) is 3. The van der Waals surface area contributed by atoms with Crippen LogP contribution in [0.25, 0.3) is 0 Å². The fourth-order valence-corrected chi connectivity index (χ4v) is 4.99. The normalized spacial score (nSPS) is 16.6. The average molecular weight is 598 g/mol. The summed E-state index contributed by atoms with van der Waals surface area (Å²) in [6, 6.07) is 3.38. The number of rotatable bonds is 8. The van der Waals surface area contributed by atoms with Crippen molar-refractivity contribution >= 4 is 52.5 Å². The molecular formula is C27H40ClN5O6S. The van der Waals surface area contributed by atoms with Gasteiger partial charge in [-0.1, -0.05) is 11.6 Å². The first kappa shape index (κ1) is 33.1. The second-order valence-corrected chi connectivity index (χ2v) is 10.7. The van der Waals surface area contributed by atoms with E-state index in [1.165, 1.54) is 12.8 Å². The Bertz CT molecular complexity index is 1050. The molecule has 40 heavy (non-hydrogen) atoms. The lowest BCUT2D eigenvalue weighted by Gasteiger charge is -2.39. The molecule has 2 saturated heterocycles. The van der Waals surface area contributed by atoms with Gasteiger partial charge in [0.25, 0.3) is 5.91 Å². The zero-order valence-electron chi connectivity index (χ0n) is 23.3. The maximum Gasteiger partial charge on any atom is 0.328 e. The molecule has 2 heterocycles. The van der Waals surface area contributed by atoms with Gasteiger partial charge in [0.05, 0.1) is 22.9 Å². The van der Waals surface area contributed by atoms with Crippen LogP contribution in [0.15, 0.2) is 24.3 Å². The van der Waals surface area contributed by atoms with Crippen LogP contribution in [0.3, 0.4) is 0 Å². The largest absolute Gasteiger partial charge is 0.493 e. The number of carbonyl (C=O) groups is 3. The molecule has 222 valence electrons. The molecule has 0 aliphatic carbocycles. The van der Waals surface area contributed by atoms with Crippen molar-refractivity contribution in [1.82, 2.24) is 20.0 Å². The monoisotopic (exact) mass is 597 g/mol. The Morgan fingerprint density at radius 3 is 2.17 bits per heavy atom. The van der Waals surface area contributed by atoms with E-state index in [-0.39, 0.29) is 11.9 Å². The number of hydrogen-bond acceptors (Lipinski definition) is 7. The molecule has 0 atom stereocenters. The number of thiocarbonyl (C=S) groups is 1. The number of nitrogen functional groups attached to an aromatic ring is 1. The van der Waals surface area contributed by atoms with Gasteiger partial charge < -0.3 is 40.7 Å². The summed E-state index contributed by atoms with van der Waals surface area (Å²) in [4.78, 5) is 38.9. The van der Waals surface area contributed by atoms with Crippen LogP contribution >= 0.6 is 23.8 Å². The molecule has 13 heteroatoms. The van der Waals surface area contributed by atoms with Crippen molar-refractivity contribution in [2.75, 3.05) is 59.2 Å². The second kappa shape index (κ2) is 16.2. The molecule has 1 aromatic carbocycles. The Kier molecular flexibility index (Phi) is 13.4. The van der Waals surface area contributed by atoms with Crippen molar-refractivity contribution in [1.29, 1.82) is 0 Å². The first-order valence-corrected chi connectivity index (χ1v) is 14.0. The number of carbonyl (C=O) groups excluding carboxylic acids is 1. The SMILES string of the molecule is CCOc1cc(N)c(Cl)cc1C(=O)NC1CCN(CC2CCN(C(=S)N(C)C)CC2)CC1.O=C(O)/C=C/C(=O)O. The first-order chi connectivity index (χ1) is 18.9. The number of nitrogens with one attached hydrogen (secondary N) is 1. The molecule has 2 fully saturated rings. The summed E-state index contributed by atoms with van der Waals surface area (Å²) in [5.41, 5.74) is 6.72. The number of hydrogen-bond donors (Lipinski definition) is 4. The van der Waals surface area contributed by atoms with E-state index in [0.717, 1.165) is 50.7 Å². The smallest absolute Gasteiger partial charge is 0.328 e. The Hall–Kier alpha value is -3.09. The van der Waals surface area contributed by atoms with Gasteiger partial charge in [0.1, 0.15) is 5.75 Å². The summed E-state index contributed by atoms with van der Waals surface area (Å²) < 4.78 is 5.60. The predicted molar refractivity (Wildman–Crippen MR) is 159 cm³/mol. The topological polar surface area (TPSA) is 149 Å². The number of benzene rings is 1. The Morgan fingerprint density at radius 1 is 1.10 bits per heavy atom. The minimum Gasteiger partial charge on any atom is -0.493 e. The lowest BCUT2D eigenvalue weighted by Crippen LogP contribution is -2.48. The predicted octanol–water partition coefficient (Wildman–Crippen LogP) is 2.79. The van der Waals surface area contributed by atoms with Crippen molar-refractivity contribution in [2.24, 2.45) is 5.92 Å². The summed E-state index contributed by atoms with van der Waals surface area (Å²) in [6.45, 7) is 7.55. The van der Waals surface area contributed by atoms with Crippen LogP contribution in [0, 0.1) is 5.92 Å². The van der Waals surface area contributed by atoms with E-state index in [0.29, 0.717) is 46.7 Å². The highest BCUT2D eigenvalue weighted by atomic mass is 35.5. The number of ether oxygens (including phenoxy) is 1. The van der Waals surface area contributed by atoms with Crippen LogP contribution in [0.1, 0.15) is 43.0 Å². The lowest BCUT2D eigenvalue weighted by atomic mass is 9.95. The zero-order valence-corrected chi connectivity index (χ0v) is 24.8. The summed E-state index contributed by atoms with van der Waals surface area (Å²) in [5, 5.41) is 20.1. The maximum atomic E-state index is 12.9. The van der Waals surface area contributed by atoms with Crippen LogP contribution in [-0.4, -0.2) is 107 Å². The number of anilines is 1. The minimum absolute atomic E-state index is 0.155. The molecule has 0 spiro atoms. The van der Waals surface area contributed by atoms with Crippen LogP contribution in [-0.2, 0) is 9.59 Å². The maximum absolute atomic E-state index is 12.9. The summed E-state index contributed by atoms with van der Waals surface area (Å²) in [6.07, 6.45) is 5.38. The molecule has 11 nitrogen and oxygen atoms in total. The van der Waals surface area contributed by atoms with Crippen molar-refractivity contribution in [3.8, 4) is 5.75 Å². The molecule has 0 bridgehead atoms. The fourth-order valence-electron chi connectivity index (χ4n) is 4.64. The Labute approximate surface area is 245 Å². The van der Waals surface area contributed by atoms with E-state index in [1.807, 2.05) is 25.9 Å². The molecule has 0 unspecified atom stereocenters. The van der Waals surface area contributed by atoms with Gasteiger partial charge in [0, 0.05) is 71.1 Å². The Morgan fingerprint density at radius 2 is 1.68 bits per heavy atom. The van der Waals surface area contributed by atoms with Crippen molar-refractivity contribution < 1.29 is 29.3 Å². The molecule has 0 aromatic heterocycles. The highest BCUT2D eigenvalue weighted by Crippen LogP contribution is 2.29. The molecule has 5 N–H and O–H groups in total. The second-order valence-electron chi connectivity index (χ2n) is 9.97. The standard InChI is InChI=1S/C23H36ClN5O2S.C4H4O4/c1-4-31-21-14-20(25)19(24)13-18(21)22(30)26-17-7-9-28(10-8-17)15-16-5-11-29(12-6-16)23(32)27(2)3;5-3(6)1-2-4(7)8/h13-14,16-17H,4-12,15,25H2,1-3H3,(H,26,30);1-2H,(H,5,6)(H,7,8)/b;2-1+. The van der Waals surface area contributed by atoms with Gasteiger partial charge in [-0.05, 0) is 56.8 Å². The molecule has 0 saturated carbocycles. The number of amides is 1. The van der Waals surface area contributed by atoms with Gasteiger partial charge in [0.2, 0.25) is 0 Å². The van der Waals surface area contributed by atoms with Crippen LogP contribution < -0.4 is 15.8 Å². The Balaban J connectivity index is 0.000000611. The number of piperidine rings is 2. The zero-order chi connectivity index (χ0) is 29.8. The van der Waals surface area contributed by atoms with Gasteiger partial charge in [0.15, 0.2) is 5.11 Å². The molecular weight excluding hydrogens is 558 g/mol. The molecule has 3 rings (SSSR count). The fraction of sp³-hybridized carbons (Fsp3) is 0.556. The number of aliphatic carboxylic acids is 2. The molecule has 2 aliphatic rings. The van der Waals surface area contributed by atoms with Gasteiger partial charge in [-0.3, -0.25) is 4.79 Å². The van der Waals surface area contributed by atoms with E-state index < -0.39 is 11.9 Å². The highest BCUT2D eigenvalue weighted by Gasteiger charge is 2.27. The van der Waals surface area contributed by atoms with Crippen LogP contribution in [0.4, 0.5) is 5.69 Å². The summed E-state index contributed by atoms with van der Waals surface area (Å²) in [7, 11) is 4.02. The number of carboxylic acid groups (broad SMARTS) is 2. The minimum atomic E-state index is -1.26. The summed E-state index contributed by atoms with van der Waals surface area (Å²) >= 11 is 11.6. The first-order valence-electron chi connectivity index (χ1n) is 13.3. The lowest BCUT2D eigenvalue weighted by molar-refractivity contribution is -0.134. The quantitative estimate of drug-likeness (QED) is 0.199. The number of nitrogens with two attached hydrogens (primary N) is 1. The van der Waals surface area contributed by atoms with E-state index in [4.69, 9.17) is 44.5 Å². The summed E-state index contributed by atoms with van der Waals surface area (Å²) in [5.74, 6) is -1.48. The van der Waals surface area contributed by atoms with E-state index in [1.54, 1.807) is 12.1 Å². The van der Waals surface area contributed by atoms with E-state index >= 15 is 0 Å². The number of carboxylic acids is 2. The van der Waals surface area contributed by atoms with E-state index in [9.17, 15) is 14.4 Å². The molecule has 1 aromatic rings. The van der Waals surface area contributed by atoms with Gasteiger partial charge in [-0.25, -0.2) is 9.59 Å². The number of halogens is 1. The average Bonchev–Trinajstić information content (AvgIpc) is 2.91. The third-order valence-corrected chi connectivity index (χ3v) is 7.67. The van der Waals surface area contributed by atoms with Crippen LogP contribution in [0.2, 0.25) is 5.02 Å². The molecule has 1 amide bonds. The third kappa shape index (κ3) is 10.8. The number of likely N-dealkylation sites (tertiary alicyclic amines) is 2. The van der Waals surface area contributed by atoms with Crippen LogP contribution in [0.5, 0.6) is 5.75 Å². The molecule has 0 radical (unpaired) electrons.